The average molecular weight is 292 g/mol. The summed E-state index contributed by atoms with van der Waals surface area (Å²) < 4.78 is 7.62. The van der Waals surface area contributed by atoms with Gasteiger partial charge in [-0.25, -0.2) is 4.98 Å². The predicted octanol–water partition coefficient (Wildman–Crippen LogP) is 2.78. The van der Waals surface area contributed by atoms with Gasteiger partial charge < -0.3 is 14.4 Å². The quantitative estimate of drug-likeness (QED) is 0.629. The number of aromatic nitrogens is 2. The summed E-state index contributed by atoms with van der Waals surface area (Å²) in [5, 5.41) is 10.0. The Morgan fingerprint density at radius 3 is 2.95 bits per heavy atom. The summed E-state index contributed by atoms with van der Waals surface area (Å²) in [5.74, 6) is 1.87. The van der Waals surface area contributed by atoms with Gasteiger partial charge in [0.25, 0.3) is 0 Å². The number of hydrogen-bond donors (Lipinski definition) is 1. The Bertz CT molecular complexity index is 555. The number of thioether (sulfide) groups is 1. The number of aliphatic hydroxyl groups is 1. The highest BCUT2D eigenvalue weighted by Gasteiger charge is 2.05. The molecular weight excluding hydrogens is 272 g/mol. The molecule has 0 bridgehead atoms. The van der Waals surface area contributed by atoms with E-state index in [9.17, 15) is 0 Å². The Balaban J connectivity index is 1.70. The van der Waals surface area contributed by atoms with Crippen LogP contribution in [0.5, 0.6) is 5.75 Å². The molecular formula is C15H20N2O2S. The summed E-state index contributed by atoms with van der Waals surface area (Å²) in [7, 11) is 1.92. The van der Waals surface area contributed by atoms with Crippen LogP contribution in [0.1, 0.15) is 17.7 Å². The van der Waals surface area contributed by atoms with Gasteiger partial charge in [-0.1, -0.05) is 23.9 Å². The molecule has 0 saturated carbocycles. The molecule has 108 valence electrons. The highest BCUT2D eigenvalue weighted by molar-refractivity contribution is 7.99. The maximum Gasteiger partial charge on any atom is 0.167 e. The second-order valence-electron chi connectivity index (χ2n) is 4.62. The molecule has 0 unspecified atom stereocenters. The van der Waals surface area contributed by atoms with Crippen LogP contribution in [0, 0.1) is 6.92 Å². The highest BCUT2D eigenvalue weighted by atomic mass is 32.2. The molecule has 0 aliphatic rings. The number of ether oxygens (including phenoxy) is 1. The van der Waals surface area contributed by atoms with Gasteiger partial charge in [-0.2, -0.15) is 0 Å². The van der Waals surface area contributed by atoms with Gasteiger partial charge in [0.05, 0.1) is 25.1 Å². The van der Waals surface area contributed by atoms with Gasteiger partial charge >= 0.3 is 0 Å². The Kier molecular flexibility index (Phi) is 5.49. The zero-order chi connectivity index (χ0) is 14.4. The number of benzene rings is 1. The monoisotopic (exact) mass is 292 g/mol. The van der Waals surface area contributed by atoms with Crippen molar-refractivity contribution in [3.8, 4) is 5.75 Å². The second kappa shape index (κ2) is 7.36. The lowest BCUT2D eigenvalue weighted by Gasteiger charge is -2.07. The first-order valence-electron chi connectivity index (χ1n) is 6.64. The maximum absolute atomic E-state index is 9.10. The zero-order valence-corrected chi connectivity index (χ0v) is 12.7. The van der Waals surface area contributed by atoms with E-state index >= 15 is 0 Å². The number of imidazole rings is 1. The van der Waals surface area contributed by atoms with Crippen molar-refractivity contribution < 1.29 is 9.84 Å². The fourth-order valence-electron chi connectivity index (χ4n) is 1.82. The summed E-state index contributed by atoms with van der Waals surface area (Å²) in [6, 6.07) is 8.08. The number of aryl methyl sites for hydroxylation is 1. The van der Waals surface area contributed by atoms with E-state index in [4.69, 9.17) is 9.84 Å². The van der Waals surface area contributed by atoms with E-state index in [2.05, 4.69) is 18.0 Å². The van der Waals surface area contributed by atoms with Crippen molar-refractivity contribution in [1.29, 1.82) is 0 Å². The molecule has 0 saturated heterocycles. The maximum atomic E-state index is 9.10. The molecule has 1 aromatic carbocycles. The Hall–Kier alpha value is -1.46. The third kappa shape index (κ3) is 4.02. The SMILES string of the molecule is Cc1cccc(OCCCSc2ncc(CO)n2C)c1. The van der Waals surface area contributed by atoms with Crippen LogP contribution < -0.4 is 4.74 Å². The number of aliphatic hydroxyl groups excluding tert-OH is 1. The summed E-state index contributed by atoms with van der Waals surface area (Å²) in [6.45, 7) is 2.79. The minimum absolute atomic E-state index is 0.0283. The molecule has 0 fully saturated rings. The lowest BCUT2D eigenvalue weighted by molar-refractivity contribution is 0.271. The van der Waals surface area contributed by atoms with Crippen LogP contribution >= 0.6 is 11.8 Å². The standard InChI is InChI=1S/C15H20N2O2S/c1-12-5-3-6-14(9-12)19-7-4-8-20-15-16-10-13(11-18)17(15)2/h3,5-6,9-10,18H,4,7-8,11H2,1-2H3. The van der Waals surface area contributed by atoms with Crippen molar-refractivity contribution in [3.63, 3.8) is 0 Å². The zero-order valence-electron chi connectivity index (χ0n) is 11.9. The first kappa shape index (κ1) is 14.9. The highest BCUT2D eigenvalue weighted by Crippen LogP contribution is 2.18. The first-order chi connectivity index (χ1) is 9.70. The molecule has 0 radical (unpaired) electrons. The van der Waals surface area contributed by atoms with E-state index in [-0.39, 0.29) is 6.61 Å². The van der Waals surface area contributed by atoms with Gasteiger partial charge in [-0.15, -0.1) is 0 Å². The Morgan fingerprint density at radius 1 is 1.40 bits per heavy atom. The minimum atomic E-state index is 0.0283. The van der Waals surface area contributed by atoms with E-state index in [1.165, 1.54) is 5.56 Å². The fraction of sp³-hybridized carbons (Fsp3) is 0.400. The molecule has 0 amide bonds. The third-order valence-electron chi connectivity index (χ3n) is 2.98. The third-order valence-corrected chi connectivity index (χ3v) is 4.11. The molecule has 20 heavy (non-hydrogen) atoms. The van der Waals surface area contributed by atoms with Crippen LogP contribution in [0.2, 0.25) is 0 Å². The Labute approximate surface area is 123 Å². The molecule has 0 spiro atoms. The lowest BCUT2D eigenvalue weighted by atomic mass is 10.2. The van der Waals surface area contributed by atoms with Crippen LogP contribution in [0.3, 0.4) is 0 Å². The van der Waals surface area contributed by atoms with Gasteiger partial charge in [-0.3, -0.25) is 0 Å². The lowest BCUT2D eigenvalue weighted by Crippen LogP contribution is -2.01. The molecule has 1 N–H and O–H groups in total. The fourth-order valence-corrected chi connectivity index (χ4v) is 2.71. The van der Waals surface area contributed by atoms with Gasteiger partial charge in [0.2, 0.25) is 0 Å². The molecule has 0 aliphatic carbocycles. The summed E-state index contributed by atoms with van der Waals surface area (Å²) in [6.07, 6.45) is 2.67. The molecule has 1 aromatic heterocycles. The van der Waals surface area contributed by atoms with Gasteiger partial charge in [0.15, 0.2) is 5.16 Å². The van der Waals surface area contributed by atoms with E-state index < -0.39 is 0 Å². The van der Waals surface area contributed by atoms with Crippen molar-refractivity contribution in [2.45, 2.75) is 25.1 Å². The number of hydrogen-bond acceptors (Lipinski definition) is 4. The molecule has 2 rings (SSSR count). The normalized spacial score (nSPS) is 10.8. The van der Waals surface area contributed by atoms with Crippen LogP contribution in [-0.2, 0) is 13.7 Å². The largest absolute Gasteiger partial charge is 0.494 e. The molecule has 0 aliphatic heterocycles. The summed E-state index contributed by atoms with van der Waals surface area (Å²) in [5.41, 5.74) is 2.05. The summed E-state index contributed by atoms with van der Waals surface area (Å²) >= 11 is 1.68. The Morgan fingerprint density at radius 2 is 2.25 bits per heavy atom. The molecule has 4 nitrogen and oxygen atoms in total. The number of nitrogens with zero attached hydrogens (tertiary/aromatic N) is 2. The smallest absolute Gasteiger partial charge is 0.167 e. The topological polar surface area (TPSA) is 47.3 Å². The molecule has 2 aromatic rings. The van der Waals surface area contributed by atoms with E-state index in [1.807, 2.05) is 29.8 Å². The van der Waals surface area contributed by atoms with Gasteiger partial charge in [0, 0.05) is 12.8 Å². The van der Waals surface area contributed by atoms with Crippen molar-refractivity contribution in [1.82, 2.24) is 9.55 Å². The average Bonchev–Trinajstić information content (AvgIpc) is 2.79. The second-order valence-corrected chi connectivity index (χ2v) is 5.68. The molecule has 1 heterocycles. The summed E-state index contributed by atoms with van der Waals surface area (Å²) in [4.78, 5) is 4.28. The van der Waals surface area contributed by atoms with E-state index in [0.717, 1.165) is 28.8 Å². The van der Waals surface area contributed by atoms with Gasteiger partial charge in [0.1, 0.15) is 5.75 Å². The predicted molar refractivity (Wildman–Crippen MR) is 81.1 cm³/mol. The van der Waals surface area contributed by atoms with Crippen LogP contribution in [0.25, 0.3) is 0 Å². The molecule has 5 heteroatoms. The van der Waals surface area contributed by atoms with Crippen molar-refractivity contribution in [2.75, 3.05) is 12.4 Å². The van der Waals surface area contributed by atoms with Crippen molar-refractivity contribution in [2.24, 2.45) is 7.05 Å². The number of rotatable bonds is 7. The van der Waals surface area contributed by atoms with Crippen LogP contribution in [0.15, 0.2) is 35.6 Å². The van der Waals surface area contributed by atoms with Crippen LogP contribution in [0.4, 0.5) is 0 Å². The van der Waals surface area contributed by atoms with E-state index in [0.29, 0.717) is 6.61 Å². The van der Waals surface area contributed by atoms with Gasteiger partial charge in [-0.05, 0) is 31.0 Å². The minimum Gasteiger partial charge on any atom is -0.494 e. The van der Waals surface area contributed by atoms with Crippen molar-refractivity contribution in [3.05, 3.63) is 41.7 Å². The van der Waals surface area contributed by atoms with Crippen LogP contribution in [-0.4, -0.2) is 27.0 Å². The molecule has 0 atom stereocenters. The van der Waals surface area contributed by atoms with Crippen molar-refractivity contribution >= 4 is 11.8 Å². The van der Waals surface area contributed by atoms with E-state index in [1.54, 1.807) is 18.0 Å². The first-order valence-corrected chi connectivity index (χ1v) is 7.63.